The summed E-state index contributed by atoms with van der Waals surface area (Å²) < 4.78 is 10.9. The summed E-state index contributed by atoms with van der Waals surface area (Å²) in [4.78, 5) is 26.7. The average molecular weight is 349 g/mol. The molecule has 6 nitrogen and oxygen atoms in total. The summed E-state index contributed by atoms with van der Waals surface area (Å²) in [6, 6.07) is 5.29. The highest BCUT2D eigenvalue weighted by atomic mass is 32.1. The zero-order valence-corrected chi connectivity index (χ0v) is 14.2. The van der Waals surface area contributed by atoms with Gasteiger partial charge >= 0.3 is 5.97 Å². The van der Waals surface area contributed by atoms with Crippen LogP contribution in [0.15, 0.2) is 28.0 Å². The maximum absolute atomic E-state index is 12.9. The van der Waals surface area contributed by atoms with E-state index in [1.807, 2.05) is 17.5 Å². The number of carboxylic acids is 1. The third kappa shape index (κ3) is 3.68. The lowest BCUT2D eigenvalue weighted by molar-refractivity contribution is 0.0480. The second-order valence-corrected chi connectivity index (χ2v) is 6.86. The molecule has 0 aliphatic carbocycles. The Kier molecular flexibility index (Phi) is 5.01. The van der Waals surface area contributed by atoms with Gasteiger partial charge in [-0.15, -0.1) is 11.3 Å². The van der Waals surface area contributed by atoms with Crippen LogP contribution in [0, 0.1) is 6.92 Å². The van der Waals surface area contributed by atoms with Crippen LogP contribution in [0.25, 0.3) is 0 Å². The number of amides is 1. The van der Waals surface area contributed by atoms with Gasteiger partial charge in [0.05, 0.1) is 12.6 Å². The largest absolute Gasteiger partial charge is 0.475 e. The predicted octanol–water partition coefficient (Wildman–Crippen LogP) is 3.17. The fraction of sp³-hybridized carbons (Fsp3) is 0.412. The van der Waals surface area contributed by atoms with Gasteiger partial charge in [0.1, 0.15) is 0 Å². The number of hydrogen-bond donors (Lipinski definition) is 1. The minimum Gasteiger partial charge on any atom is -0.475 e. The quantitative estimate of drug-likeness (QED) is 0.866. The molecule has 3 rings (SSSR count). The van der Waals surface area contributed by atoms with Crippen LogP contribution >= 0.6 is 11.3 Å². The molecular weight excluding hydrogens is 330 g/mol. The van der Waals surface area contributed by atoms with Crippen molar-refractivity contribution in [3.63, 3.8) is 0 Å². The van der Waals surface area contributed by atoms with E-state index in [0.717, 1.165) is 17.7 Å². The molecule has 1 amide bonds. The van der Waals surface area contributed by atoms with Crippen LogP contribution in [0.2, 0.25) is 0 Å². The Bertz CT molecular complexity index is 715. The Hall–Kier alpha value is -2.12. The molecule has 1 fully saturated rings. The Morgan fingerprint density at radius 1 is 1.46 bits per heavy atom. The number of rotatable bonds is 6. The maximum atomic E-state index is 12.9. The van der Waals surface area contributed by atoms with Crippen LogP contribution in [0.1, 0.15) is 44.4 Å². The molecule has 7 heteroatoms. The molecule has 1 atom stereocenters. The topological polar surface area (TPSA) is 80.0 Å². The Morgan fingerprint density at radius 3 is 2.88 bits per heavy atom. The lowest BCUT2D eigenvalue weighted by atomic mass is 10.2. The molecule has 1 N–H and O–H groups in total. The molecule has 128 valence electrons. The lowest BCUT2D eigenvalue weighted by Gasteiger charge is -2.24. The van der Waals surface area contributed by atoms with Crippen LogP contribution in [0.5, 0.6) is 0 Å². The molecule has 0 saturated carbocycles. The van der Waals surface area contributed by atoms with Gasteiger partial charge in [0.2, 0.25) is 5.76 Å². The minimum absolute atomic E-state index is 0.0168. The van der Waals surface area contributed by atoms with Crippen molar-refractivity contribution in [3.05, 3.63) is 45.5 Å². The first-order valence-electron chi connectivity index (χ1n) is 7.81. The molecule has 1 aliphatic heterocycles. The average Bonchev–Trinajstić information content (AvgIpc) is 3.27. The van der Waals surface area contributed by atoms with Crippen molar-refractivity contribution in [2.45, 2.75) is 32.4 Å². The van der Waals surface area contributed by atoms with Gasteiger partial charge in [-0.1, -0.05) is 6.07 Å². The van der Waals surface area contributed by atoms with Crippen molar-refractivity contribution in [1.82, 2.24) is 4.90 Å². The fourth-order valence-corrected chi connectivity index (χ4v) is 3.51. The standard InChI is InChI=1S/C17H19NO5S/c1-11-8-14(17(20)21)23-15(11)16(19)18(9-12-4-2-6-22-12)10-13-5-3-7-24-13/h3,5,7-8,12H,2,4,6,9-10H2,1H3,(H,20,21). The molecule has 1 unspecified atom stereocenters. The number of ether oxygens (including phenoxy) is 1. The van der Waals surface area contributed by atoms with Crippen LogP contribution in [0.3, 0.4) is 0 Å². The van der Waals surface area contributed by atoms with Gasteiger partial charge in [-0.05, 0) is 37.3 Å². The third-order valence-corrected chi connectivity index (χ3v) is 4.85. The van der Waals surface area contributed by atoms with E-state index in [2.05, 4.69) is 0 Å². The van der Waals surface area contributed by atoms with Crippen LogP contribution in [-0.4, -0.2) is 41.1 Å². The van der Waals surface area contributed by atoms with Gasteiger partial charge in [0, 0.05) is 23.6 Å². The summed E-state index contributed by atoms with van der Waals surface area (Å²) in [7, 11) is 0. The summed E-state index contributed by atoms with van der Waals surface area (Å²) in [6.45, 7) is 3.32. The van der Waals surface area contributed by atoms with E-state index >= 15 is 0 Å². The van der Waals surface area contributed by atoms with E-state index in [9.17, 15) is 9.59 Å². The van der Waals surface area contributed by atoms with Crippen molar-refractivity contribution in [1.29, 1.82) is 0 Å². The summed E-state index contributed by atoms with van der Waals surface area (Å²) in [6.07, 6.45) is 1.93. The molecule has 2 aromatic rings. The number of carbonyl (C=O) groups excluding carboxylic acids is 1. The van der Waals surface area contributed by atoms with Crippen molar-refractivity contribution >= 4 is 23.2 Å². The molecule has 0 aromatic carbocycles. The summed E-state index contributed by atoms with van der Waals surface area (Å²) in [5, 5.41) is 11.0. The molecule has 1 saturated heterocycles. The molecule has 1 aliphatic rings. The van der Waals surface area contributed by atoms with E-state index in [4.69, 9.17) is 14.3 Å². The Morgan fingerprint density at radius 2 is 2.29 bits per heavy atom. The van der Waals surface area contributed by atoms with E-state index in [1.165, 1.54) is 6.07 Å². The second kappa shape index (κ2) is 7.19. The minimum atomic E-state index is -1.18. The first kappa shape index (κ1) is 16.7. The molecule has 24 heavy (non-hydrogen) atoms. The highest BCUT2D eigenvalue weighted by Crippen LogP contribution is 2.22. The van der Waals surface area contributed by atoms with Crippen LogP contribution < -0.4 is 0 Å². The summed E-state index contributed by atoms with van der Waals surface area (Å²) in [5.74, 6) is -1.61. The van der Waals surface area contributed by atoms with Gasteiger partial charge in [-0.2, -0.15) is 0 Å². The fourth-order valence-electron chi connectivity index (χ4n) is 2.79. The van der Waals surface area contributed by atoms with E-state index < -0.39 is 5.97 Å². The van der Waals surface area contributed by atoms with Gasteiger partial charge < -0.3 is 19.2 Å². The van der Waals surface area contributed by atoms with Crippen molar-refractivity contribution in [3.8, 4) is 0 Å². The number of thiophene rings is 1. The van der Waals surface area contributed by atoms with Crippen molar-refractivity contribution in [2.75, 3.05) is 13.2 Å². The van der Waals surface area contributed by atoms with Crippen LogP contribution in [0.4, 0.5) is 0 Å². The number of nitrogens with zero attached hydrogens (tertiary/aromatic N) is 1. The maximum Gasteiger partial charge on any atom is 0.371 e. The smallest absolute Gasteiger partial charge is 0.371 e. The van der Waals surface area contributed by atoms with Crippen molar-refractivity contribution < 1.29 is 23.8 Å². The predicted molar refractivity (Wildman–Crippen MR) is 88.4 cm³/mol. The van der Waals surface area contributed by atoms with E-state index in [1.54, 1.807) is 23.2 Å². The Balaban J connectivity index is 1.82. The molecule has 0 bridgehead atoms. The molecule has 2 aromatic heterocycles. The van der Waals surface area contributed by atoms with E-state index in [0.29, 0.717) is 25.3 Å². The lowest BCUT2D eigenvalue weighted by Crippen LogP contribution is -2.36. The Labute approximate surface area is 143 Å². The SMILES string of the molecule is Cc1cc(C(=O)O)oc1C(=O)N(Cc1cccs1)CC1CCCO1. The summed E-state index contributed by atoms with van der Waals surface area (Å²) in [5.41, 5.74) is 0.529. The highest BCUT2D eigenvalue weighted by molar-refractivity contribution is 7.09. The first-order chi connectivity index (χ1) is 11.5. The van der Waals surface area contributed by atoms with Crippen LogP contribution in [-0.2, 0) is 11.3 Å². The number of carbonyl (C=O) groups is 2. The molecular formula is C17H19NO5S. The second-order valence-electron chi connectivity index (χ2n) is 5.83. The monoisotopic (exact) mass is 349 g/mol. The number of hydrogen-bond acceptors (Lipinski definition) is 5. The van der Waals surface area contributed by atoms with Gasteiger partial charge in [-0.3, -0.25) is 4.79 Å². The number of aryl methyl sites for hydroxylation is 1. The van der Waals surface area contributed by atoms with Gasteiger partial charge in [0.25, 0.3) is 5.91 Å². The van der Waals surface area contributed by atoms with Gasteiger partial charge in [-0.25, -0.2) is 4.79 Å². The zero-order valence-electron chi connectivity index (χ0n) is 13.4. The molecule has 0 spiro atoms. The molecule has 3 heterocycles. The van der Waals surface area contributed by atoms with Gasteiger partial charge in [0.15, 0.2) is 5.76 Å². The number of carboxylic acid groups (broad SMARTS) is 1. The van der Waals surface area contributed by atoms with Crippen molar-refractivity contribution in [2.24, 2.45) is 0 Å². The number of aromatic carboxylic acids is 1. The zero-order chi connectivity index (χ0) is 17.1. The molecule has 0 radical (unpaired) electrons. The highest BCUT2D eigenvalue weighted by Gasteiger charge is 2.28. The third-order valence-electron chi connectivity index (χ3n) is 3.98. The summed E-state index contributed by atoms with van der Waals surface area (Å²) >= 11 is 1.58. The first-order valence-corrected chi connectivity index (χ1v) is 8.69. The normalized spacial score (nSPS) is 17.1. The number of furan rings is 1. The van der Waals surface area contributed by atoms with E-state index in [-0.39, 0.29) is 23.5 Å².